The van der Waals surface area contributed by atoms with E-state index in [4.69, 9.17) is 10.5 Å². The van der Waals surface area contributed by atoms with E-state index in [2.05, 4.69) is 28.3 Å². The van der Waals surface area contributed by atoms with E-state index >= 15 is 0 Å². The molecule has 3 heterocycles. The zero-order valence-electron chi connectivity index (χ0n) is 18.3. The van der Waals surface area contributed by atoms with Crippen molar-refractivity contribution in [2.75, 3.05) is 18.9 Å². The van der Waals surface area contributed by atoms with Crippen molar-refractivity contribution >= 4 is 38.5 Å². The van der Waals surface area contributed by atoms with Crippen molar-refractivity contribution in [2.24, 2.45) is 0 Å². The zero-order chi connectivity index (χ0) is 26.0. The number of fused-ring (bicyclic) bond motifs is 1. The second-order valence-corrected chi connectivity index (χ2v) is 10.5. The molecule has 2 aromatic heterocycles. The van der Waals surface area contributed by atoms with Crippen LogP contribution in [0.25, 0.3) is 11.2 Å². The van der Waals surface area contributed by atoms with Crippen LogP contribution >= 0.6 is 15.6 Å². The summed E-state index contributed by atoms with van der Waals surface area (Å²) < 4.78 is 43.9. The van der Waals surface area contributed by atoms with Gasteiger partial charge in [0, 0.05) is 12.8 Å². The lowest BCUT2D eigenvalue weighted by molar-refractivity contribution is -0.119. The summed E-state index contributed by atoms with van der Waals surface area (Å²) in [7, 11) is -10.2. The second-order valence-electron chi connectivity index (χ2n) is 7.47. The maximum absolute atomic E-state index is 12.1. The van der Waals surface area contributed by atoms with Crippen LogP contribution in [-0.4, -0.2) is 76.8 Å². The number of nitrogens with zero attached hydrogens (tertiary/aromatic N) is 3. The Hall–Kier alpha value is -2.04. The summed E-state index contributed by atoms with van der Waals surface area (Å²) in [5.74, 6) is -0.327. The minimum atomic E-state index is -5.19. The van der Waals surface area contributed by atoms with E-state index in [9.17, 15) is 38.7 Å². The Balaban J connectivity index is 1.60. The molecule has 196 valence electrons. The van der Waals surface area contributed by atoms with Gasteiger partial charge in [-0.3, -0.25) is 28.2 Å². The lowest BCUT2D eigenvalue weighted by atomic mass is 10.1. The lowest BCUT2D eigenvalue weighted by Crippen LogP contribution is -2.33. The average molecular weight is 541 g/mol. The first-order valence-electron chi connectivity index (χ1n) is 10.2. The summed E-state index contributed by atoms with van der Waals surface area (Å²) in [6.07, 6.45) is -4.42. The summed E-state index contributed by atoms with van der Waals surface area (Å²) in [6, 6.07) is 0. The number of nitrogens with one attached hydrogen (secondary N) is 1. The largest absolute Gasteiger partial charge is 0.481 e. The number of carbonyl (C=O) groups is 1. The molecule has 0 radical (unpaired) electrons. The predicted octanol–water partition coefficient (Wildman–Crippen LogP) is -0.669. The topological polar surface area (TPSA) is 259 Å². The number of ketones is 1. The molecule has 6 atom stereocenters. The van der Waals surface area contributed by atoms with Crippen molar-refractivity contribution in [3.8, 4) is 0 Å². The predicted molar refractivity (Wildman–Crippen MR) is 116 cm³/mol. The number of aromatic nitrogens is 4. The molecule has 0 aliphatic carbocycles. The van der Waals surface area contributed by atoms with Crippen LogP contribution in [0.15, 0.2) is 11.1 Å². The van der Waals surface area contributed by atoms with Gasteiger partial charge in [-0.05, 0) is 6.42 Å². The lowest BCUT2D eigenvalue weighted by Gasteiger charge is -2.19. The number of aliphatic hydroxyl groups is 2. The van der Waals surface area contributed by atoms with Gasteiger partial charge in [-0.1, -0.05) is 6.92 Å². The van der Waals surface area contributed by atoms with Crippen LogP contribution in [0.5, 0.6) is 0 Å². The van der Waals surface area contributed by atoms with Gasteiger partial charge in [0.2, 0.25) is 5.95 Å². The molecule has 0 spiro atoms. The highest BCUT2D eigenvalue weighted by Crippen LogP contribution is 2.60. The molecule has 1 aliphatic rings. The summed E-state index contributed by atoms with van der Waals surface area (Å²) in [6.45, 7) is 0.411. The van der Waals surface area contributed by atoms with E-state index in [0.29, 0.717) is 0 Å². The van der Waals surface area contributed by atoms with Gasteiger partial charge in [0.15, 0.2) is 17.4 Å². The number of phosphoric acid groups is 2. The maximum Gasteiger partial charge on any atom is 0.481 e. The molecule has 2 aromatic rings. The van der Waals surface area contributed by atoms with Crippen molar-refractivity contribution in [1.29, 1.82) is 0 Å². The van der Waals surface area contributed by atoms with Crippen molar-refractivity contribution in [1.82, 2.24) is 19.5 Å². The van der Waals surface area contributed by atoms with Crippen LogP contribution < -0.4 is 11.3 Å². The molecule has 19 heteroatoms. The smallest absolute Gasteiger partial charge is 0.387 e. The van der Waals surface area contributed by atoms with Gasteiger partial charge in [-0.25, -0.2) is 14.1 Å². The summed E-state index contributed by atoms with van der Waals surface area (Å²) in [5.41, 5.74) is 4.70. The standard InChI is InChI=1S/C16H25N5O12P2/c1-2-8(22)4-3-5-30-34(26,27)33-35(28,29)31-6-9-11(23)12(24)15(32-9)21-7-18-10-13(21)19-16(17)20-14(10)25/h7,9,11-12,15,23-24H,2-6H2,1H3,(H,26,27)(H,28,29)(H3,17,19,20,25)/t9-,11-,12-,15-/m1/s1. The number of ether oxygens (including phenoxy) is 1. The van der Waals surface area contributed by atoms with Crippen molar-refractivity contribution in [3.63, 3.8) is 0 Å². The molecule has 1 fully saturated rings. The Morgan fingerprint density at radius 3 is 2.63 bits per heavy atom. The highest BCUT2D eigenvalue weighted by molar-refractivity contribution is 7.61. The van der Waals surface area contributed by atoms with Gasteiger partial charge in [-0.2, -0.15) is 9.29 Å². The summed E-state index contributed by atoms with van der Waals surface area (Å²) >= 11 is 0. The zero-order valence-corrected chi connectivity index (χ0v) is 20.1. The molecular formula is C16H25N5O12P2. The Labute approximate surface area is 197 Å². The minimum absolute atomic E-state index is 0.0563. The quantitative estimate of drug-likeness (QED) is 0.144. The number of Topliss-reactive ketones (excluding diaryl/α,β-unsaturated/α-hetero) is 1. The number of nitrogen functional groups attached to an aromatic ring is 1. The number of anilines is 1. The fourth-order valence-electron chi connectivity index (χ4n) is 3.20. The normalized spacial score (nSPS) is 26.0. The highest BCUT2D eigenvalue weighted by Gasteiger charge is 2.46. The third kappa shape index (κ3) is 6.80. The van der Waals surface area contributed by atoms with Gasteiger partial charge in [0.1, 0.15) is 24.1 Å². The van der Waals surface area contributed by atoms with E-state index < -0.39 is 59.0 Å². The van der Waals surface area contributed by atoms with Crippen LogP contribution in [0.3, 0.4) is 0 Å². The molecule has 3 rings (SSSR count). The van der Waals surface area contributed by atoms with E-state index in [1.807, 2.05) is 0 Å². The molecule has 7 N–H and O–H groups in total. The molecule has 0 amide bonds. The number of nitrogens with two attached hydrogens (primary N) is 1. The molecular weight excluding hydrogens is 516 g/mol. The molecule has 0 bridgehead atoms. The molecule has 0 saturated carbocycles. The molecule has 1 saturated heterocycles. The number of phosphoric ester groups is 2. The van der Waals surface area contributed by atoms with Crippen LogP contribution in [0.4, 0.5) is 5.95 Å². The summed E-state index contributed by atoms with van der Waals surface area (Å²) in [4.78, 5) is 52.5. The van der Waals surface area contributed by atoms with E-state index in [1.165, 1.54) is 0 Å². The van der Waals surface area contributed by atoms with Gasteiger partial charge < -0.3 is 30.5 Å². The van der Waals surface area contributed by atoms with Gasteiger partial charge in [0.05, 0.1) is 19.5 Å². The summed E-state index contributed by atoms with van der Waals surface area (Å²) in [5, 5.41) is 20.7. The average Bonchev–Trinajstić information content (AvgIpc) is 3.30. The molecule has 1 aliphatic heterocycles. The number of carbonyl (C=O) groups excluding carboxylic acids is 1. The van der Waals surface area contributed by atoms with Crippen LogP contribution in [0.1, 0.15) is 32.4 Å². The van der Waals surface area contributed by atoms with E-state index in [1.54, 1.807) is 6.92 Å². The van der Waals surface area contributed by atoms with Crippen LogP contribution in [0, 0.1) is 0 Å². The number of hydrogen-bond donors (Lipinski definition) is 6. The van der Waals surface area contributed by atoms with Gasteiger partial charge in [0.25, 0.3) is 5.56 Å². The number of aromatic amines is 1. The number of hydrogen-bond acceptors (Lipinski definition) is 13. The number of aliphatic hydroxyl groups excluding tert-OH is 2. The highest BCUT2D eigenvalue weighted by atomic mass is 31.3. The van der Waals surface area contributed by atoms with Gasteiger partial charge in [-0.15, -0.1) is 0 Å². The number of H-pyrrole nitrogens is 1. The molecule has 35 heavy (non-hydrogen) atoms. The fourth-order valence-corrected chi connectivity index (χ4v) is 5.31. The third-order valence-corrected chi connectivity index (χ3v) is 7.55. The Morgan fingerprint density at radius 1 is 1.26 bits per heavy atom. The van der Waals surface area contributed by atoms with Crippen molar-refractivity contribution in [2.45, 2.75) is 50.7 Å². The number of imidazole rings is 1. The monoisotopic (exact) mass is 541 g/mol. The first-order valence-corrected chi connectivity index (χ1v) is 13.2. The molecule has 0 aromatic carbocycles. The Morgan fingerprint density at radius 2 is 1.94 bits per heavy atom. The first kappa shape index (κ1) is 27.5. The second kappa shape index (κ2) is 10.9. The fraction of sp³-hybridized carbons (Fsp3) is 0.625. The maximum atomic E-state index is 12.1. The molecule has 17 nitrogen and oxygen atoms in total. The minimum Gasteiger partial charge on any atom is -0.387 e. The first-order chi connectivity index (χ1) is 16.3. The van der Waals surface area contributed by atoms with E-state index in [-0.39, 0.29) is 42.2 Å². The number of rotatable bonds is 12. The van der Waals surface area contributed by atoms with Crippen LogP contribution in [0.2, 0.25) is 0 Å². The van der Waals surface area contributed by atoms with Crippen LogP contribution in [-0.2, 0) is 32.0 Å². The Kier molecular flexibility index (Phi) is 8.60. The van der Waals surface area contributed by atoms with Crippen molar-refractivity contribution < 1.29 is 52.0 Å². The van der Waals surface area contributed by atoms with Gasteiger partial charge >= 0.3 is 15.6 Å². The molecule has 2 unspecified atom stereocenters. The van der Waals surface area contributed by atoms with Crippen molar-refractivity contribution in [3.05, 3.63) is 16.7 Å². The van der Waals surface area contributed by atoms with E-state index in [0.717, 1.165) is 10.9 Å². The SMILES string of the molecule is CCC(=O)CCCOP(=O)(O)OP(=O)(O)OC[C@H]1O[C@@H](n2cnc3c(=O)[nH]c(N)nc32)[C@H](O)[C@@H]1O. The Bertz CT molecular complexity index is 1220. The third-order valence-electron chi connectivity index (χ3n) is 4.92.